The number of aromatic nitrogens is 2. The van der Waals surface area contributed by atoms with E-state index in [-0.39, 0.29) is 24.8 Å². The van der Waals surface area contributed by atoms with E-state index in [9.17, 15) is 0 Å². The Hall–Kier alpha value is -0.620. The predicted octanol–water partition coefficient (Wildman–Crippen LogP) is 1.68. The normalized spacial score (nSPS) is 15.3. The van der Waals surface area contributed by atoms with Crippen LogP contribution in [-0.2, 0) is 4.74 Å². The molecular formula is C12H22Cl2N4O. The van der Waals surface area contributed by atoms with Crippen molar-refractivity contribution in [3.05, 3.63) is 17.3 Å². The van der Waals surface area contributed by atoms with Crippen LogP contribution in [0.4, 0.5) is 5.82 Å². The number of hydrogen-bond donors (Lipinski definition) is 1. The lowest BCUT2D eigenvalue weighted by Crippen LogP contribution is -2.39. The topological polar surface area (TPSA) is 50.3 Å². The van der Waals surface area contributed by atoms with Crippen LogP contribution < -0.4 is 5.32 Å². The number of nitrogens with one attached hydrogen (secondary N) is 1. The number of nitrogens with zero attached hydrogens (tertiary/aromatic N) is 3. The van der Waals surface area contributed by atoms with Crippen LogP contribution in [0.15, 0.2) is 6.07 Å². The Morgan fingerprint density at radius 2 is 1.89 bits per heavy atom. The van der Waals surface area contributed by atoms with E-state index < -0.39 is 0 Å². The Morgan fingerprint density at radius 3 is 2.53 bits per heavy atom. The van der Waals surface area contributed by atoms with Gasteiger partial charge < -0.3 is 10.1 Å². The summed E-state index contributed by atoms with van der Waals surface area (Å²) < 4.78 is 5.31. The van der Waals surface area contributed by atoms with Gasteiger partial charge in [0, 0.05) is 26.2 Å². The summed E-state index contributed by atoms with van der Waals surface area (Å²) >= 11 is 0. The Morgan fingerprint density at radius 1 is 1.21 bits per heavy atom. The molecule has 1 aliphatic rings. The van der Waals surface area contributed by atoms with Gasteiger partial charge in [-0.25, -0.2) is 0 Å². The van der Waals surface area contributed by atoms with E-state index in [4.69, 9.17) is 4.74 Å². The molecule has 0 unspecified atom stereocenters. The highest BCUT2D eigenvalue weighted by atomic mass is 35.5. The van der Waals surface area contributed by atoms with Crippen molar-refractivity contribution in [2.75, 3.05) is 44.7 Å². The van der Waals surface area contributed by atoms with Crippen molar-refractivity contribution in [2.24, 2.45) is 0 Å². The van der Waals surface area contributed by atoms with Crippen molar-refractivity contribution in [3.63, 3.8) is 0 Å². The predicted molar refractivity (Wildman–Crippen MR) is 81.8 cm³/mol. The van der Waals surface area contributed by atoms with E-state index in [1.165, 1.54) is 0 Å². The number of morpholine rings is 1. The molecule has 0 saturated carbocycles. The van der Waals surface area contributed by atoms with Gasteiger partial charge in [-0.1, -0.05) is 0 Å². The summed E-state index contributed by atoms with van der Waals surface area (Å²) in [6, 6.07) is 2.05. The SMILES string of the molecule is Cc1cc(C)c(NCCN2CCOCC2)nn1.Cl.Cl. The average molecular weight is 309 g/mol. The van der Waals surface area contributed by atoms with Crippen LogP contribution in [0.25, 0.3) is 0 Å². The highest BCUT2D eigenvalue weighted by Crippen LogP contribution is 2.09. The smallest absolute Gasteiger partial charge is 0.151 e. The molecule has 1 aliphatic heterocycles. The molecule has 1 N–H and O–H groups in total. The van der Waals surface area contributed by atoms with Gasteiger partial charge in [0.15, 0.2) is 5.82 Å². The van der Waals surface area contributed by atoms with Crippen molar-refractivity contribution >= 4 is 30.6 Å². The lowest BCUT2D eigenvalue weighted by molar-refractivity contribution is 0.0398. The van der Waals surface area contributed by atoms with Crippen LogP contribution >= 0.6 is 24.8 Å². The fraction of sp³-hybridized carbons (Fsp3) is 0.667. The van der Waals surface area contributed by atoms with E-state index in [1.54, 1.807) is 0 Å². The van der Waals surface area contributed by atoms with Crippen molar-refractivity contribution < 1.29 is 4.74 Å². The number of halogens is 2. The zero-order valence-corrected chi connectivity index (χ0v) is 13.0. The number of ether oxygens (including phenoxy) is 1. The third kappa shape index (κ3) is 5.91. The van der Waals surface area contributed by atoms with Gasteiger partial charge in [-0.2, -0.15) is 5.10 Å². The first-order valence-corrected chi connectivity index (χ1v) is 6.10. The molecule has 0 bridgehead atoms. The van der Waals surface area contributed by atoms with Crippen LogP contribution in [0, 0.1) is 13.8 Å². The van der Waals surface area contributed by atoms with E-state index in [1.807, 2.05) is 13.0 Å². The highest BCUT2D eigenvalue weighted by molar-refractivity contribution is 5.85. The minimum Gasteiger partial charge on any atom is -0.379 e. The van der Waals surface area contributed by atoms with E-state index in [0.717, 1.165) is 56.5 Å². The molecule has 19 heavy (non-hydrogen) atoms. The quantitative estimate of drug-likeness (QED) is 0.917. The number of aryl methyl sites for hydroxylation is 2. The number of anilines is 1. The van der Waals surface area contributed by atoms with Gasteiger partial charge in [0.05, 0.1) is 18.9 Å². The second kappa shape index (κ2) is 9.31. The summed E-state index contributed by atoms with van der Waals surface area (Å²) in [7, 11) is 0. The molecule has 5 nitrogen and oxygen atoms in total. The molecular weight excluding hydrogens is 287 g/mol. The number of hydrogen-bond acceptors (Lipinski definition) is 5. The van der Waals surface area contributed by atoms with Gasteiger partial charge in [-0.15, -0.1) is 29.9 Å². The molecule has 1 saturated heterocycles. The fourth-order valence-corrected chi connectivity index (χ4v) is 1.95. The second-order valence-electron chi connectivity index (χ2n) is 4.40. The Balaban J connectivity index is 0.00000162. The van der Waals surface area contributed by atoms with Gasteiger partial charge in [-0.3, -0.25) is 4.90 Å². The average Bonchev–Trinajstić information content (AvgIpc) is 2.33. The molecule has 1 fully saturated rings. The molecule has 2 rings (SSSR count). The zero-order valence-electron chi connectivity index (χ0n) is 11.4. The Labute approximate surface area is 126 Å². The lowest BCUT2D eigenvalue weighted by Gasteiger charge is -2.26. The third-order valence-corrected chi connectivity index (χ3v) is 2.93. The molecule has 1 aromatic rings. The zero-order chi connectivity index (χ0) is 12.1. The summed E-state index contributed by atoms with van der Waals surface area (Å²) in [4.78, 5) is 2.40. The second-order valence-corrected chi connectivity index (χ2v) is 4.40. The maximum absolute atomic E-state index is 5.31. The van der Waals surface area contributed by atoms with Crippen molar-refractivity contribution in [1.82, 2.24) is 15.1 Å². The molecule has 0 atom stereocenters. The first kappa shape index (κ1) is 18.4. The molecule has 110 valence electrons. The summed E-state index contributed by atoms with van der Waals surface area (Å²) in [5, 5.41) is 11.5. The Bertz CT molecular complexity index is 373. The number of rotatable bonds is 4. The van der Waals surface area contributed by atoms with Crippen molar-refractivity contribution in [1.29, 1.82) is 0 Å². The summed E-state index contributed by atoms with van der Waals surface area (Å²) in [5.41, 5.74) is 2.11. The molecule has 0 radical (unpaired) electrons. The largest absolute Gasteiger partial charge is 0.379 e. The Kier molecular flexibility index (Phi) is 9.01. The molecule has 0 aromatic carbocycles. The standard InChI is InChI=1S/C12H20N4O.2ClH/c1-10-9-11(2)14-15-12(10)13-3-4-16-5-7-17-8-6-16;;/h9H,3-8H2,1-2H3,(H,13,15);2*1H. The minimum atomic E-state index is 0. The van der Waals surface area contributed by atoms with Crippen LogP contribution in [0.3, 0.4) is 0 Å². The van der Waals surface area contributed by atoms with Crippen molar-refractivity contribution in [2.45, 2.75) is 13.8 Å². The van der Waals surface area contributed by atoms with E-state index in [2.05, 4.69) is 27.3 Å². The first-order chi connectivity index (χ1) is 8.25. The van der Waals surface area contributed by atoms with E-state index >= 15 is 0 Å². The molecule has 0 spiro atoms. The van der Waals surface area contributed by atoms with Gasteiger partial charge >= 0.3 is 0 Å². The van der Waals surface area contributed by atoms with Crippen molar-refractivity contribution in [3.8, 4) is 0 Å². The van der Waals surface area contributed by atoms with Crippen LogP contribution in [0.2, 0.25) is 0 Å². The maximum atomic E-state index is 5.31. The van der Waals surface area contributed by atoms with Crippen LogP contribution in [0.1, 0.15) is 11.3 Å². The molecule has 0 amide bonds. The molecule has 0 aliphatic carbocycles. The van der Waals surface area contributed by atoms with Gasteiger partial charge in [-0.05, 0) is 25.5 Å². The minimum absolute atomic E-state index is 0. The summed E-state index contributed by atoms with van der Waals surface area (Å²) in [6.45, 7) is 9.69. The monoisotopic (exact) mass is 308 g/mol. The van der Waals surface area contributed by atoms with Gasteiger partial charge in [0.2, 0.25) is 0 Å². The lowest BCUT2D eigenvalue weighted by atomic mass is 10.3. The molecule has 7 heteroatoms. The van der Waals surface area contributed by atoms with Crippen LogP contribution in [-0.4, -0.2) is 54.5 Å². The first-order valence-electron chi connectivity index (χ1n) is 6.10. The highest BCUT2D eigenvalue weighted by Gasteiger charge is 2.09. The van der Waals surface area contributed by atoms with Gasteiger partial charge in [0.25, 0.3) is 0 Å². The van der Waals surface area contributed by atoms with Gasteiger partial charge in [0.1, 0.15) is 0 Å². The third-order valence-electron chi connectivity index (χ3n) is 2.93. The summed E-state index contributed by atoms with van der Waals surface area (Å²) in [5.74, 6) is 0.892. The summed E-state index contributed by atoms with van der Waals surface area (Å²) in [6.07, 6.45) is 0. The van der Waals surface area contributed by atoms with E-state index in [0.29, 0.717) is 0 Å². The fourth-order valence-electron chi connectivity index (χ4n) is 1.95. The van der Waals surface area contributed by atoms with Crippen LogP contribution in [0.5, 0.6) is 0 Å². The maximum Gasteiger partial charge on any atom is 0.151 e. The molecule has 1 aromatic heterocycles. The molecule has 2 heterocycles.